The number of hydrogen-bond donors (Lipinski definition) is 3. The van der Waals surface area contributed by atoms with Gasteiger partial charge in [0.15, 0.2) is 0 Å². The van der Waals surface area contributed by atoms with Crippen LogP contribution >= 0.6 is 0 Å². The molecule has 1 unspecified atom stereocenters. The average Bonchev–Trinajstić information content (AvgIpc) is 2.92. The Morgan fingerprint density at radius 1 is 1.43 bits per heavy atom. The van der Waals surface area contributed by atoms with Gasteiger partial charge in [0.05, 0.1) is 12.1 Å². The van der Waals surface area contributed by atoms with Crippen molar-refractivity contribution in [2.75, 3.05) is 18.9 Å². The van der Waals surface area contributed by atoms with E-state index in [1.165, 1.54) is 0 Å². The quantitative estimate of drug-likeness (QED) is 0.779. The van der Waals surface area contributed by atoms with E-state index in [4.69, 9.17) is 4.42 Å². The molecule has 3 N–H and O–H groups in total. The van der Waals surface area contributed by atoms with Gasteiger partial charge in [-0.2, -0.15) is 0 Å². The Balaban J connectivity index is 2.14. The van der Waals surface area contributed by atoms with Crippen LogP contribution in [0.2, 0.25) is 0 Å². The number of carbonyl (C=O) groups is 1. The molecular weight excluding hydrogens is 270 g/mol. The molecule has 1 amide bonds. The van der Waals surface area contributed by atoms with Gasteiger partial charge in [-0.1, -0.05) is 0 Å². The van der Waals surface area contributed by atoms with Crippen molar-refractivity contribution < 1.29 is 14.3 Å². The molecule has 6 nitrogen and oxygen atoms in total. The summed E-state index contributed by atoms with van der Waals surface area (Å²) in [6.45, 7) is 3.62. The van der Waals surface area contributed by atoms with E-state index in [0.717, 1.165) is 5.76 Å². The zero-order chi connectivity index (χ0) is 15.5. The van der Waals surface area contributed by atoms with Crippen molar-refractivity contribution >= 4 is 11.7 Å². The summed E-state index contributed by atoms with van der Waals surface area (Å²) >= 11 is 0. The van der Waals surface area contributed by atoms with Crippen LogP contribution in [-0.4, -0.2) is 29.6 Å². The number of amides is 1. The van der Waals surface area contributed by atoms with E-state index in [1.54, 1.807) is 44.4 Å². The number of nitrogens with zero attached hydrogens (tertiary/aromatic N) is 1. The van der Waals surface area contributed by atoms with Gasteiger partial charge in [0, 0.05) is 13.2 Å². The number of carbonyl (C=O) groups excluding carboxylic acids is 1. The van der Waals surface area contributed by atoms with Gasteiger partial charge in [0.25, 0.3) is 5.91 Å². The van der Waals surface area contributed by atoms with E-state index >= 15 is 0 Å². The molecule has 0 aliphatic carbocycles. The van der Waals surface area contributed by atoms with Crippen LogP contribution < -0.4 is 10.6 Å². The molecule has 0 radical (unpaired) electrons. The predicted octanol–water partition coefficient (Wildman–Crippen LogP) is 1.66. The fourth-order valence-corrected chi connectivity index (χ4v) is 1.93. The van der Waals surface area contributed by atoms with E-state index in [1.807, 2.05) is 6.92 Å². The third-order valence-electron chi connectivity index (χ3n) is 3.15. The maximum atomic E-state index is 11.8. The smallest absolute Gasteiger partial charge is 0.254 e. The van der Waals surface area contributed by atoms with Gasteiger partial charge in [-0.15, -0.1) is 0 Å². The summed E-state index contributed by atoms with van der Waals surface area (Å²) in [5.41, 5.74) is -0.780. The van der Waals surface area contributed by atoms with Gasteiger partial charge in [0.2, 0.25) is 0 Å². The third kappa shape index (κ3) is 3.41. The van der Waals surface area contributed by atoms with E-state index in [-0.39, 0.29) is 12.5 Å². The Morgan fingerprint density at radius 3 is 2.81 bits per heavy atom. The van der Waals surface area contributed by atoms with Crippen molar-refractivity contribution in [1.82, 2.24) is 10.3 Å². The number of pyridine rings is 1. The molecule has 2 heterocycles. The summed E-state index contributed by atoms with van der Waals surface area (Å²) in [7, 11) is 1.56. The maximum absolute atomic E-state index is 11.8. The second-order valence-electron chi connectivity index (χ2n) is 5.02. The maximum Gasteiger partial charge on any atom is 0.254 e. The number of nitrogens with one attached hydrogen (secondary N) is 2. The van der Waals surface area contributed by atoms with Crippen molar-refractivity contribution in [3.05, 3.63) is 47.5 Å². The number of rotatable bonds is 5. The van der Waals surface area contributed by atoms with Crippen LogP contribution in [0.3, 0.4) is 0 Å². The number of aliphatic hydroxyl groups is 1. The summed E-state index contributed by atoms with van der Waals surface area (Å²) in [6.07, 6.45) is 1.58. The van der Waals surface area contributed by atoms with Crippen LogP contribution in [0.25, 0.3) is 0 Å². The second kappa shape index (κ2) is 5.97. The van der Waals surface area contributed by atoms with E-state index in [0.29, 0.717) is 17.1 Å². The van der Waals surface area contributed by atoms with Crippen molar-refractivity contribution in [1.29, 1.82) is 0 Å². The minimum absolute atomic E-state index is 0.168. The summed E-state index contributed by atoms with van der Waals surface area (Å²) in [6, 6.07) is 6.87. The first-order valence-electron chi connectivity index (χ1n) is 6.64. The molecule has 0 fully saturated rings. The zero-order valence-corrected chi connectivity index (χ0v) is 12.3. The van der Waals surface area contributed by atoms with Crippen LogP contribution in [-0.2, 0) is 5.60 Å². The van der Waals surface area contributed by atoms with Gasteiger partial charge in [-0.05, 0) is 38.1 Å². The fraction of sp³-hybridized carbons (Fsp3) is 0.333. The third-order valence-corrected chi connectivity index (χ3v) is 3.15. The molecule has 21 heavy (non-hydrogen) atoms. The summed E-state index contributed by atoms with van der Waals surface area (Å²) < 4.78 is 5.45. The van der Waals surface area contributed by atoms with Gasteiger partial charge in [0.1, 0.15) is 22.9 Å². The highest BCUT2D eigenvalue weighted by molar-refractivity contribution is 5.98. The number of aryl methyl sites for hydroxylation is 1. The lowest BCUT2D eigenvalue weighted by atomic mass is 10.0. The van der Waals surface area contributed by atoms with Crippen LogP contribution in [0, 0.1) is 6.92 Å². The highest BCUT2D eigenvalue weighted by atomic mass is 16.4. The lowest BCUT2D eigenvalue weighted by Gasteiger charge is -2.22. The molecule has 0 saturated heterocycles. The van der Waals surface area contributed by atoms with Crippen LogP contribution in [0.1, 0.15) is 28.8 Å². The van der Waals surface area contributed by atoms with Crippen molar-refractivity contribution in [2.45, 2.75) is 19.4 Å². The fourth-order valence-electron chi connectivity index (χ4n) is 1.93. The minimum Gasteiger partial charge on any atom is -0.463 e. The molecule has 6 heteroatoms. The monoisotopic (exact) mass is 289 g/mol. The first-order valence-corrected chi connectivity index (χ1v) is 6.64. The van der Waals surface area contributed by atoms with Gasteiger partial charge in [-0.25, -0.2) is 4.98 Å². The summed E-state index contributed by atoms with van der Waals surface area (Å²) in [4.78, 5) is 15.9. The van der Waals surface area contributed by atoms with Crippen LogP contribution in [0.15, 0.2) is 34.9 Å². The molecule has 112 valence electrons. The van der Waals surface area contributed by atoms with Gasteiger partial charge >= 0.3 is 0 Å². The standard InChI is InChI=1S/C15H19N3O3/c1-10-6-7-12(21-10)15(2,20)9-18-13-11(14(19)16-3)5-4-8-17-13/h4-8,20H,9H2,1-3H3,(H,16,19)(H,17,18). The molecule has 0 aliphatic heterocycles. The molecule has 0 saturated carbocycles. The molecule has 1 atom stereocenters. The molecular formula is C15H19N3O3. The summed E-state index contributed by atoms with van der Waals surface area (Å²) in [5.74, 6) is 1.37. The van der Waals surface area contributed by atoms with Gasteiger partial charge < -0.3 is 20.2 Å². The van der Waals surface area contributed by atoms with E-state index < -0.39 is 5.60 Å². The largest absolute Gasteiger partial charge is 0.463 e. The first-order chi connectivity index (χ1) is 9.94. The Kier molecular flexibility index (Phi) is 4.28. The zero-order valence-electron chi connectivity index (χ0n) is 12.3. The van der Waals surface area contributed by atoms with Crippen molar-refractivity contribution in [3.63, 3.8) is 0 Å². The Labute approximate surface area is 123 Å². The molecule has 0 aromatic carbocycles. The molecule has 2 rings (SSSR count). The molecule has 2 aromatic rings. The topological polar surface area (TPSA) is 87.4 Å². The second-order valence-corrected chi connectivity index (χ2v) is 5.02. The van der Waals surface area contributed by atoms with Crippen LogP contribution in [0.5, 0.6) is 0 Å². The lowest BCUT2D eigenvalue weighted by molar-refractivity contribution is 0.0467. The van der Waals surface area contributed by atoms with Gasteiger partial charge in [-0.3, -0.25) is 4.79 Å². The number of furan rings is 1. The normalized spacial score (nSPS) is 13.5. The predicted molar refractivity (Wildman–Crippen MR) is 79.1 cm³/mol. The number of hydrogen-bond acceptors (Lipinski definition) is 5. The molecule has 0 spiro atoms. The van der Waals surface area contributed by atoms with Crippen LogP contribution in [0.4, 0.5) is 5.82 Å². The minimum atomic E-state index is -1.20. The van der Waals surface area contributed by atoms with Crippen molar-refractivity contribution in [3.8, 4) is 0 Å². The Hall–Kier alpha value is -2.34. The van der Waals surface area contributed by atoms with E-state index in [9.17, 15) is 9.90 Å². The first kappa shape index (κ1) is 15.1. The SMILES string of the molecule is CNC(=O)c1cccnc1NCC(C)(O)c1ccc(C)o1. The Bertz CT molecular complexity index is 635. The number of aromatic nitrogens is 1. The van der Waals surface area contributed by atoms with E-state index in [2.05, 4.69) is 15.6 Å². The van der Waals surface area contributed by atoms with Crippen molar-refractivity contribution in [2.24, 2.45) is 0 Å². The summed E-state index contributed by atoms with van der Waals surface area (Å²) in [5, 5.41) is 16.0. The Morgan fingerprint density at radius 2 is 2.19 bits per heavy atom. The lowest BCUT2D eigenvalue weighted by Crippen LogP contribution is -2.31. The number of anilines is 1. The highest BCUT2D eigenvalue weighted by Gasteiger charge is 2.27. The molecule has 0 aliphatic rings. The highest BCUT2D eigenvalue weighted by Crippen LogP contribution is 2.23. The molecule has 0 bridgehead atoms. The molecule has 2 aromatic heterocycles. The average molecular weight is 289 g/mol.